The lowest BCUT2D eigenvalue weighted by Gasteiger charge is -2.15. The van der Waals surface area contributed by atoms with E-state index in [-0.39, 0.29) is 6.04 Å². The van der Waals surface area contributed by atoms with E-state index in [1.54, 1.807) is 18.6 Å². The smallest absolute Gasteiger partial charge is 0.128 e. The quantitative estimate of drug-likeness (QED) is 0.796. The molecule has 1 unspecified atom stereocenters. The van der Waals surface area contributed by atoms with Gasteiger partial charge in [-0.15, -0.1) is 0 Å². The molecule has 5 nitrogen and oxygen atoms in total. The second-order valence-electron chi connectivity index (χ2n) is 4.99. The molecule has 0 spiro atoms. The first kappa shape index (κ1) is 13.1. The topological polar surface area (TPSA) is 66.5 Å². The largest absolute Gasteiger partial charge is 0.366 e. The molecule has 5 heteroatoms. The minimum absolute atomic E-state index is 0.180. The molecule has 104 valence electrons. The van der Waals surface area contributed by atoms with Crippen molar-refractivity contribution in [1.29, 1.82) is 5.26 Å². The van der Waals surface area contributed by atoms with Gasteiger partial charge in [-0.2, -0.15) is 5.26 Å². The Hall–Kier alpha value is -2.87. The third kappa shape index (κ3) is 2.84. The van der Waals surface area contributed by atoms with Crippen LogP contribution < -0.4 is 5.32 Å². The zero-order chi connectivity index (χ0) is 14.7. The molecule has 1 atom stereocenters. The number of aromatic nitrogens is 3. The van der Waals surface area contributed by atoms with Crippen LogP contribution >= 0.6 is 0 Å². The average Bonchev–Trinajstić information content (AvgIpc) is 2.99. The van der Waals surface area contributed by atoms with Gasteiger partial charge in [-0.25, -0.2) is 9.97 Å². The molecular formula is C16H15N5. The number of imidazole rings is 1. The zero-order valence-corrected chi connectivity index (χ0v) is 11.7. The third-order valence-corrected chi connectivity index (χ3v) is 3.27. The van der Waals surface area contributed by atoms with E-state index >= 15 is 0 Å². The van der Waals surface area contributed by atoms with Gasteiger partial charge in [-0.1, -0.05) is 18.2 Å². The van der Waals surface area contributed by atoms with Crippen LogP contribution in [-0.4, -0.2) is 20.6 Å². The van der Waals surface area contributed by atoms with Crippen LogP contribution in [0.15, 0.2) is 49.1 Å². The number of pyridine rings is 1. The maximum Gasteiger partial charge on any atom is 0.128 e. The van der Waals surface area contributed by atoms with Crippen molar-refractivity contribution in [1.82, 2.24) is 14.5 Å². The van der Waals surface area contributed by atoms with Gasteiger partial charge in [0, 0.05) is 30.4 Å². The molecule has 0 aliphatic heterocycles. The Labute approximate surface area is 122 Å². The number of benzene rings is 1. The van der Waals surface area contributed by atoms with E-state index in [0.29, 0.717) is 5.56 Å². The van der Waals surface area contributed by atoms with Gasteiger partial charge in [0.2, 0.25) is 0 Å². The molecule has 2 aromatic heterocycles. The summed E-state index contributed by atoms with van der Waals surface area (Å²) in [5.74, 6) is 0.720. The van der Waals surface area contributed by atoms with Gasteiger partial charge in [0.05, 0.1) is 23.5 Å². The van der Waals surface area contributed by atoms with Crippen molar-refractivity contribution in [2.75, 3.05) is 5.32 Å². The predicted octanol–water partition coefficient (Wildman–Crippen LogP) is 2.80. The lowest BCUT2D eigenvalue weighted by atomic mass is 10.1. The highest BCUT2D eigenvalue weighted by molar-refractivity contribution is 5.86. The summed E-state index contributed by atoms with van der Waals surface area (Å²) in [6.07, 6.45) is 5.47. The standard InChI is InChI=1S/C16H15N5/c1-12(10-21-7-6-18-11-21)19-16-8-13(9-17)14-4-2-3-5-15(14)20-16/h2-8,11-12H,10H2,1H3,(H,19,20). The molecule has 0 fully saturated rings. The van der Waals surface area contributed by atoms with Crippen LogP contribution in [0.1, 0.15) is 12.5 Å². The number of nitriles is 1. The molecule has 0 radical (unpaired) electrons. The monoisotopic (exact) mass is 277 g/mol. The second kappa shape index (κ2) is 5.63. The summed E-state index contributed by atoms with van der Waals surface area (Å²) >= 11 is 0. The van der Waals surface area contributed by atoms with Crippen molar-refractivity contribution in [3.63, 3.8) is 0 Å². The summed E-state index contributed by atoms with van der Waals surface area (Å²) in [5.41, 5.74) is 1.46. The Balaban J connectivity index is 1.85. The summed E-state index contributed by atoms with van der Waals surface area (Å²) in [6.45, 7) is 2.86. The Kier molecular flexibility index (Phi) is 3.52. The molecule has 3 aromatic rings. The van der Waals surface area contributed by atoms with E-state index in [9.17, 15) is 5.26 Å². The highest BCUT2D eigenvalue weighted by atomic mass is 15.1. The Bertz CT molecular complexity index is 786. The van der Waals surface area contributed by atoms with E-state index in [1.807, 2.05) is 35.0 Å². The Morgan fingerprint density at radius 2 is 2.24 bits per heavy atom. The number of hydrogen-bond acceptors (Lipinski definition) is 4. The van der Waals surface area contributed by atoms with Crippen LogP contribution in [0.3, 0.4) is 0 Å². The number of para-hydroxylation sites is 1. The van der Waals surface area contributed by atoms with E-state index < -0.39 is 0 Å². The van der Waals surface area contributed by atoms with Gasteiger partial charge in [0.15, 0.2) is 0 Å². The molecule has 0 bridgehead atoms. The highest BCUT2D eigenvalue weighted by Crippen LogP contribution is 2.20. The van der Waals surface area contributed by atoms with E-state index in [1.165, 1.54) is 0 Å². The van der Waals surface area contributed by atoms with Gasteiger partial charge in [0.1, 0.15) is 5.82 Å². The van der Waals surface area contributed by atoms with Crippen molar-refractivity contribution in [3.8, 4) is 6.07 Å². The van der Waals surface area contributed by atoms with Crippen molar-refractivity contribution in [2.24, 2.45) is 0 Å². The molecule has 1 N–H and O–H groups in total. The summed E-state index contributed by atoms with van der Waals surface area (Å²) < 4.78 is 2.00. The molecule has 3 rings (SSSR count). The normalized spacial score (nSPS) is 12.0. The minimum atomic E-state index is 0.180. The fourth-order valence-corrected chi connectivity index (χ4v) is 2.35. The average molecular weight is 277 g/mol. The molecule has 2 heterocycles. The summed E-state index contributed by atoms with van der Waals surface area (Å²) in [5, 5.41) is 13.5. The maximum absolute atomic E-state index is 9.28. The van der Waals surface area contributed by atoms with Gasteiger partial charge in [-0.05, 0) is 19.1 Å². The number of fused-ring (bicyclic) bond motifs is 1. The van der Waals surface area contributed by atoms with Crippen LogP contribution in [0.4, 0.5) is 5.82 Å². The Morgan fingerprint density at radius 3 is 3.00 bits per heavy atom. The summed E-state index contributed by atoms with van der Waals surface area (Å²) in [4.78, 5) is 8.59. The molecule has 0 amide bonds. The number of rotatable bonds is 4. The van der Waals surface area contributed by atoms with Crippen LogP contribution in [0, 0.1) is 11.3 Å². The first-order valence-corrected chi connectivity index (χ1v) is 6.78. The lowest BCUT2D eigenvalue weighted by molar-refractivity contribution is 0.617. The predicted molar refractivity (Wildman–Crippen MR) is 81.8 cm³/mol. The number of anilines is 1. The maximum atomic E-state index is 9.28. The minimum Gasteiger partial charge on any atom is -0.366 e. The van der Waals surface area contributed by atoms with Crippen molar-refractivity contribution >= 4 is 16.7 Å². The van der Waals surface area contributed by atoms with Crippen molar-refractivity contribution in [3.05, 3.63) is 54.6 Å². The van der Waals surface area contributed by atoms with E-state index in [0.717, 1.165) is 23.3 Å². The van der Waals surface area contributed by atoms with Crippen LogP contribution in [0.2, 0.25) is 0 Å². The van der Waals surface area contributed by atoms with Crippen molar-refractivity contribution < 1.29 is 0 Å². The van der Waals surface area contributed by atoms with Crippen molar-refractivity contribution in [2.45, 2.75) is 19.5 Å². The fourth-order valence-electron chi connectivity index (χ4n) is 2.35. The molecule has 21 heavy (non-hydrogen) atoms. The van der Waals surface area contributed by atoms with Crippen LogP contribution in [0.25, 0.3) is 10.9 Å². The molecule has 0 saturated heterocycles. The number of hydrogen-bond donors (Lipinski definition) is 1. The fraction of sp³-hybridized carbons (Fsp3) is 0.188. The molecule has 0 saturated carbocycles. The van der Waals surface area contributed by atoms with Gasteiger partial charge in [0.25, 0.3) is 0 Å². The molecule has 0 aliphatic rings. The van der Waals surface area contributed by atoms with Gasteiger partial charge < -0.3 is 9.88 Å². The second-order valence-corrected chi connectivity index (χ2v) is 4.99. The van der Waals surface area contributed by atoms with Gasteiger partial charge in [-0.3, -0.25) is 0 Å². The summed E-state index contributed by atoms with van der Waals surface area (Å²) in [6, 6.07) is 11.9. The third-order valence-electron chi connectivity index (χ3n) is 3.27. The lowest BCUT2D eigenvalue weighted by Crippen LogP contribution is -2.22. The summed E-state index contributed by atoms with van der Waals surface area (Å²) in [7, 11) is 0. The van der Waals surface area contributed by atoms with E-state index in [4.69, 9.17) is 0 Å². The zero-order valence-electron chi connectivity index (χ0n) is 11.7. The molecule has 1 aromatic carbocycles. The Morgan fingerprint density at radius 1 is 1.38 bits per heavy atom. The molecule has 0 aliphatic carbocycles. The molecular weight excluding hydrogens is 262 g/mol. The first-order chi connectivity index (χ1) is 10.3. The number of nitrogens with one attached hydrogen (secondary N) is 1. The first-order valence-electron chi connectivity index (χ1n) is 6.78. The van der Waals surface area contributed by atoms with Crippen LogP contribution in [0.5, 0.6) is 0 Å². The number of nitrogens with zero attached hydrogens (tertiary/aromatic N) is 4. The van der Waals surface area contributed by atoms with E-state index in [2.05, 4.69) is 28.3 Å². The van der Waals surface area contributed by atoms with Crippen LogP contribution in [-0.2, 0) is 6.54 Å². The van der Waals surface area contributed by atoms with Gasteiger partial charge >= 0.3 is 0 Å². The SMILES string of the molecule is CC(Cn1ccnc1)Nc1cc(C#N)c2ccccc2n1. The highest BCUT2D eigenvalue weighted by Gasteiger charge is 2.08.